The van der Waals surface area contributed by atoms with Crippen molar-refractivity contribution in [1.29, 1.82) is 0 Å². The molecule has 1 N–H and O–H groups in total. The summed E-state index contributed by atoms with van der Waals surface area (Å²) in [5.74, 6) is 2.46. The Morgan fingerprint density at radius 1 is 1.38 bits per heavy atom. The van der Waals surface area contributed by atoms with Crippen LogP contribution in [0.3, 0.4) is 0 Å². The van der Waals surface area contributed by atoms with Gasteiger partial charge in [0.1, 0.15) is 12.1 Å². The number of piperidine rings is 1. The molecule has 1 aliphatic heterocycles. The van der Waals surface area contributed by atoms with Crippen LogP contribution >= 0.6 is 0 Å². The molecule has 1 atom stereocenters. The molecule has 1 fully saturated rings. The number of aromatic nitrogens is 2. The minimum absolute atomic E-state index is 0.640. The van der Waals surface area contributed by atoms with Crippen LogP contribution in [0.2, 0.25) is 0 Å². The van der Waals surface area contributed by atoms with Crippen molar-refractivity contribution in [2.45, 2.75) is 40.0 Å². The fourth-order valence-corrected chi connectivity index (χ4v) is 2.93. The molecule has 0 amide bonds. The highest BCUT2D eigenvalue weighted by molar-refractivity contribution is 5.50. The Balaban J connectivity index is 2.02. The summed E-state index contributed by atoms with van der Waals surface area (Å²) >= 11 is 0. The van der Waals surface area contributed by atoms with Crippen molar-refractivity contribution in [3.8, 4) is 5.88 Å². The van der Waals surface area contributed by atoms with Gasteiger partial charge in [0.05, 0.1) is 12.2 Å². The quantitative estimate of drug-likeness (QED) is 0.782. The minimum atomic E-state index is 0.640. The average molecular weight is 292 g/mol. The van der Waals surface area contributed by atoms with Gasteiger partial charge in [-0.15, -0.1) is 0 Å². The number of rotatable bonds is 7. The summed E-state index contributed by atoms with van der Waals surface area (Å²) < 4.78 is 5.58. The average Bonchev–Trinajstić information content (AvgIpc) is 2.50. The van der Waals surface area contributed by atoms with Gasteiger partial charge in [-0.25, -0.2) is 9.97 Å². The first-order valence-electron chi connectivity index (χ1n) is 8.16. The van der Waals surface area contributed by atoms with E-state index in [1.54, 1.807) is 6.33 Å². The van der Waals surface area contributed by atoms with Gasteiger partial charge in [0.2, 0.25) is 5.88 Å². The second-order valence-electron chi connectivity index (χ2n) is 5.72. The molecule has 0 saturated carbocycles. The van der Waals surface area contributed by atoms with E-state index in [2.05, 4.69) is 34.0 Å². The molecule has 1 unspecified atom stereocenters. The van der Waals surface area contributed by atoms with E-state index >= 15 is 0 Å². The Morgan fingerprint density at radius 3 is 3.00 bits per heavy atom. The summed E-state index contributed by atoms with van der Waals surface area (Å²) in [5, 5.41) is 3.54. The molecule has 0 radical (unpaired) electrons. The lowest BCUT2D eigenvalue weighted by molar-refractivity contribution is 0.323. The highest BCUT2D eigenvalue weighted by Gasteiger charge is 2.23. The zero-order valence-corrected chi connectivity index (χ0v) is 13.6. The van der Waals surface area contributed by atoms with Gasteiger partial charge in [-0.05, 0) is 52.1 Å². The Hall–Kier alpha value is -1.36. The number of hydrogen-bond acceptors (Lipinski definition) is 5. The molecule has 118 valence electrons. The van der Waals surface area contributed by atoms with Crippen LogP contribution < -0.4 is 15.0 Å². The SMILES string of the molecule is CCCNCC1CCCN(c2ncnc(OCC)c2C)C1. The molecule has 1 aromatic heterocycles. The molecule has 5 nitrogen and oxygen atoms in total. The fourth-order valence-electron chi connectivity index (χ4n) is 2.93. The van der Waals surface area contributed by atoms with Gasteiger partial charge < -0.3 is 15.0 Å². The Bertz CT molecular complexity index is 438. The molecule has 0 spiro atoms. The molecule has 2 rings (SSSR count). The van der Waals surface area contributed by atoms with Crippen LogP contribution in [-0.4, -0.2) is 42.8 Å². The maximum Gasteiger partial charge on any atom is 0.221 e. The van der Waals surface area contributed by atoms with Gasteiger partial charge in [-0.1, -0.05) is 6.92 Å². The van der Waals surface area contributed by atoms with Crippen LogP contribution in [0.15, 0.2) is 6.33 Å². The second kappa shape index (κ2) is 8.17. The summed E-state index contributed by atoms with van der Waals surface area (Å²) in [7, 11) is 0. The van der Waals surface area contributed by atoms with Crippen LogP contribution in [0.1, 0.15) is 38.7 Å². The predicted molar refractivity (Wildman–Crippen MR) is 86.0 cm³/mol. The van der Waals surface area contributed by atoms with E-state index in [4.69, 9.17) is 4.74 Å². The third kappa shape index (κ3) is 4.30. The van der Waals surface area contributed by atoms with E-state index < -0.39 is 0 Å². The fraction of sp³-hybridized carbons (Fsp3) is 0.750. The van der Waals surface area contributed by atoms with Crippen LogP contribution in [0.5, 0.6) is 5.88 Å². The van der Waals surface area contributed by atoms with Crippen LogP contribution in [0.25, 0.3) is 0 Å². The molecule has 0 aromatic carbocycles. The summed E-state index contributed by atoms with van der Waals surface area (Å²) in [5.41, 5.74) is 1.06. The number of nitrogens with one attached hydrogen (secondary N) is 1. The monoisotopic (exact) mass is 292 g/mol. The zero-order chi connectivity index (χ0) is 15.1. The first-order chi connectivity index (χ1) is 10.3. The zero-order valence-electron chi connectivity index (χ0n) is 13.6. The molecule has 0 bridgehead atoms. The summed E-state index contributed by atoms with van der Waals surface area (Å²) in [6.45, 7) is 11.2. The number of ether oxygens (including phenoxy) is 1. The van der Waals surface area contributed by atoms with Crippen molar-refractivity contribution < 1.29 is 4.74 Å². The molecule has 21 heavy (non-hydrogen) atoms. The normalized spacial score (nSPS) is 18.8. The largest absolute Gasteiger partial charge is 0.478 e. The lowest BCUT2D eigenvalue weighted by Gasteiger charge is -2.34. The van der Waals surface area contributed by atoms with Crippen molar-refractivity contribution in [2.75, 3.05) is 37.7 Å². The van der Waals surface area contributed by atoms with Crippen LogP contribution in [0, 0.1) is 12.8 Å². The third-order valence-electron chi connectivity index (χ3n) is 3.97. The first-order valence-corrected chi connectivity index (χ1v) is 8.16. The Morgan fingerprint density at radius 2 is 2.24 bits per heavy atom. The van der Waals surface area contributed by atoms with Crippen molar-refractivity contribution in [3.05, 3.63) is 11.9 Å². The lowest BCUT2D eigenvalue weighted by atomic mass is 9.97. The van der Waals surface area contributed by atoms with Gasteiger partial charge in [0.25, 0.3) is 0 Å². The standard InChI is InChI=1S/C16H28N4O/c1-4-8-17-10-14-7-6-9-20(11-14)15-13(3)16(21-5-2)19-12-18-15/h12,14,17H,4-11H2,1-3H3. The number of nitrogens with zero attached hydrogens (tertiary/aromatic N) is 3. The molecule has 5 heteroatoms. The van der Waals surface area contributed by atoms with E-state index in [1.165, 1.54) is 19.3 Å². The smallest absolute Gasteiger partial charge is 0.221 e. The lowest BCUT2D eigenvalue weighted by Crippen LogP contribution is -2.40. The molecule has 2 heterocycles. The Kier molecular flexibility index (Phi) is 6.23. The number of hydrogen-bond donors (Lipinski definition) is 1. The van der Waals surface area contributed by atoms with Gasteiger partial charge in [-0.3, -0.25) is 0 Å². The van der Waals surface area contributed by atoms with Crippen molar-refractivity contribution in [1.82, 2.24) is 15.3 Å². The predicted octanol–water partition coefficient (Wildman–Crippen LogP) is 2.40. The van der Waals surface area contributed by atoms with E-state index in [1.807, 2.05) is 6.92 Å². The van der Waals surface area contributed by atoms with Gasteiger partial charge in [0.15, 0.2) is 0 Å². The topological polar surface area (TPSA) is 50.3 Å². The van der Waals surface area contributed by atoms with Crippen LogP contribution in [0.4, 0.5) is 5.82 Å². The van der Waals surface area contributed by atoms with E-state index in [9.17, 15) is 0 Å². The molecule has 1 aliphatic rings. The van der Waals surface area contributed by atoms with Crippen LogP contribution in [-0.2, 0) is 0 Å². The second-order valence-corrected chi connectivity index (χ2v) is 5.72. The summed E-state index contributed by atoms with van der Waals surface area (Å²) in [4.78, 5) is 11.1. The van der Waals surface area contributed by atoms with Crippen molar-refractivity contribution >= 4 is 5.82 Å². The molecular weight excluding hydrogens is 264 g/mol. The summed E-state index contributed by atoms with van der Waals surface area (Å²) in [6, 6.07) is 0. The van der Waals surface area contributed by atoms with Gasteiger partial charge in [0, 0.05) is 13.1 Å². The van der Waals surface area contributed by atoms with Crippen molar-refractivity contribution in [2.24, 2.45) is 5.92 Å². The molecule has 1 aromatic rings. The minimum Gasteiger partial charge on any atom is -0.478 e. The highest BCUT2D eigenvalue weighted by atomic mass is 16.5. The van der Waals surface area contributed by atoms with E-state index in [0.29, 0.717) is 18.4 Å². The highest BCUT2D eigenvalue weighted by Crippen LogP contribution is 2.27. The first kappa shape index (κ1) is 16.0. The summed E-state index contributed by atoms with van der Waals surface area (Å²) in [6.07, 6.45) is 5.34. The van der Waals surface area contributed by atoms with Gasteiger partial charge in [-0.2, -0.15) is 0 Å². The van der Waals surface area contributed by atoms with Crippen molar-refractivity contribution in [3.63, 3.8) is 0 Å². The maximum atomic E-state index is 5.58. The molecule has 0 aliphatic carbocycles. The maximum absolute atomic E-state index is 5.58. The Labute approximate surface area is 128 Å². The number of anilines is 1. The van der Waals surface area contributed by atoms with Gasteiger partial charge >= 0.3 is 0 Å². The van der Waals surface area contributed by atoms with E-state index in [0.717, 1.165) is 37.6 Å². The molecule has 1 saturated heterocycles. The molecular formula is C16H28N4O. The van der Waals surface area contributed by atoms with E-state index in [-0.39, 0.29) is 0 Å². The third-order valence-corrected chi connectivity index (χ3v) is 3.97.